The van der Waals surface area contributed by atoms with Crippen molar-refractivity contribution in [1.29, 1.82) is 0 Å². The highest BCUT2D eigenvalue weighted by atomic mass is 35.5. The van der Waals surface area contributed by atoms with Crippen LogP contribution in [0.5, 0.6) is 0 Å². The molecule has 1 amide bonds. The van der Waals surface area contributed by atoms with Gasteiger partial charge in [0, 0.05) is 19.7 Å². The highest BCUT2D eigenvalue weighted by Crippen LogP contribution is 2.25. The Morgan fingerprint density at radius 2 is 1.83 bits per heavy atom. The summed E-state index contributed by atoms with van der Waals surface area (Å²) in [4.78, 5) is 12.6. The monoisotopic (exact) mass is 485 g/mol. The fourth-order valence-corrected chi connectivity index (χ4v) is 4.04. The molecule has 0 saturated heterocycles. The molecular weight excluding hydrogens is 469 g/mol. The van der Waals surface area contributed by atoms with Crippen molar-refractivity contribution in [3.8, 4) is 5.69 Å². The molecule has 0 saturated carbocycles. The molecule has 0 bridgehead atoms. The van der Waals surface area contributed by atoms with Gasteiger partial charge in [0.25, 0.3) is 5.91 Å². The van der Waals surface area contributed by atoms with Crippen molar-refractivity contribution in [3.05, 3.63) is 68.7 Å². The summed E-state index contributed by atoms with van der Waals surface area (Å²) in [6.45, 7) is 0.0734. The second-order valence-corrected chi connectivity index (χ2v) is 9.73. The molecule has 0 aliphatic rings. The van der Waals surface area contributed by atoms with E-state index in [1.54, 1.807) is 22.8 Å². The summed E-state index contributed by atoms with van der Waals surface area (Å²) in [5.41, 5.74) is 0.952. The second-order valence-electron chi connectivity index (χ2n) is 6.37. The van der Waals surface area contributed by atoms with Gasteiger partial charge in [0.2, 0.25) is 10.0 Å². The molecule has 0 spiro atoms. The lowest BCUT2D eigenvalue weighted by Gasteiger charge is -2.12. The number of hydrogen-bond acceptors (Lipinski definition) is 5. The second kappa shape index (κ2) is 8.86. The largest absolute Gasteiger partial charge is 0.345 e. The van der Waals surface area contributed by atoms with Gasteiger partial charge in [-0.1, -0.05) is 23.2 Å². The van der Waals surface area contributed by atoms with Crippen LogP contribution < -0.4 is 5.32 Å². The molecule has 0 radical (unpaired) electrons. The Kier molecular flexibility index (Phi) is 6.63. The molecule has 0 unspecified atom stereocenters. The molecule has 158 valence electrons. The molecule has 0 fully saturated rings. The van der Waals surface area contributed by atoms with E-state index in [0.717, 1.165) is 4.31 Å². The van der Waals surface area contributed by atoms with Crippen LogP contribution in [0.25, 0.3) is 5.69 Å². The fraction of sp³-hybridized carbons (Fsp3) is 0.167. The van der Waals surface area contributed by atoms with E-state index in [1.165, 1.54) is 38.4 Å². The number of benzene rings is 2. The van der Waals surface area contributed by atoms with E-state index < -0.39 is 15.9 Å². The number of amides is 1. The van der Waals surface area contributed by atoms with Crippen LogP contribution in [0.1, 0.15) is 16.2 Å². The molecular formula is C18H17Cl2N5O3S2. The van der Waals surface area contributed by atoms with Crippen LogP contribution in [-0.2, 0) is 16.6 Å². The summed E-state index contributed by atoms with van der Waals surface area (Å²) in [5.74, 6) is 0.0666. The normalized spacial score (nSPS) is 11.6. The smallest absolute Gasteiger partial charge is 0.251 e. The Balaban J connectivity index is 1.77. The summed E-state index contributed by atoms with van der Waals surface area (Å²) in [7, 11) is -0.681. The number of nitrogens with one attached hydrogen (secondary N) is 2. The van der Waals surface area contributed by atoms with Crippen LogP contribution in [0.4, 0.5) is 0 Å². The van der Waals surface area contributed by atoms with Gasteiger partial charge in [-0.25, -0.2) is 12.7 Å². The van der Waals surface area contributed by atoms with Crippen molar-refractivity contribution >= 4 is 51.4 Å². The van der Waals surface area contributed by atoms with E-state index in [-0.39, 0.29) is 11.4 Å². The first-order valence-electron chi connectivity index (χ1n) is 8.54. The third-order valence-corrected chi connectivity index (χ3v) is 7.05. The molecule has 1 aromatic heterocycles. The molecule has 3 aromatic rings. The van der Waals surface area contributed by atoms with Gasteiger partial charge in [-0.3, -0.25) is 14.5 Å². The van der Waals surface area contributed by atoms with Crippen LogP contribution in [0.15, 0.2) is 47.4 Å². The van der Waals surface area contributed by atoms with Crippen LogP contribution in [0, 0.1) is 4.77 Å². The van der Waals surface area contributed by atoms with Gasteiger partial charge in [0.15, 0.2) is 10.6 Å². The standard InChI is InChI=1S/C18H17Cl2N5O3S2/c1-24(2)30(27,28)13-6-3-11(4-7-13)17(26)21-10-16-22-23-18(29)25(16)12-5-8-14(19)15(20)9-12/h3-9H,10H2,1-2H3,(H,21,26)(H,23,29). The van der Waals surface area contributed by atoms with Crippen molar-refractivity contribution in [3.63, 3.8) is 0 Å². The predicted octanol–water partition coefficient (Wildman–Crippen LogP) is 3.42. The van der Waals surface area contributed by atoms with E-state index in [0.29, 0.717) is 31.9 Å². The Morgan fingerprint density at radius 3 is 2.43 bits per heavy atom. The summed E-state index contributed by atoms with van der Waals surface area (Å²) in [6.07, 6.45) is 0. The van der Waals surface area contributed by atoms with Crippen molar-refractivity contribution < 1.29 is 13.2 Å². The number of H-pyrrole nitrogens is 1. The highest BCUT2D eigenvalue weighted by molar-refractivity contribution is 7.89. The zero-order chi connectivity index (χ0) is 22.1. The first kappa shape index (κ1) is 22.4. The minimum Gasteiger partial charge on any atom is -0.345 e. The van der Waals surface area contributed by atoms with E-state index in [2.05, 4.69) is 15.5 Å². The number of carbonyl (C=O) groups excluding carboxylic acids is 1. The Bertz CT molecular complexity index is 1250. The number of halogens is 2. The Hall–Kier alpha value is -2.24. The van der Waals surface area contributed by atoms with E-state index in [1.807, 2.05) is 0 Å². The number of aromatic amines is 1. The molecule has 1 heterocycles. The van der Waals surface area contributed by atoms with E-state index >= 15 is 0 Å². The molecule has 8 nitrogen and oxygen atoms in total. The third-order valence-electron chi connectivity index (χ3n) is 4.21. The van der Waals surface area contributed by atoms with Crippen molar-refractivity contribution in [2.75, 3.05) is 14.1 Å². The van der Waals surface area contributed by atoms with E-state index in [4.69, 9.17) is 35.4 Å². The number of hydrogen-bond donors (Lipinski definition) is 2. The van der Waals surface area contributed by atoms with Gasteiger partial charge in [0.1, 0.15) is 0 Å². The van der Waals surface area contributed by atoms with Gasteiger partial charge >= 0.3 is 0 Å². The SMILES string of the molecule is CN(C)S(=O)(=O)c1ccc(C(=O)NCc2n[nH]c(=S)n2-c2ccc(Cl)c(Cl)c2)cc1. The van der Waals surface area contributed by atoms with E-state index in [9.17, 15) is 13.2 Å². The van der Waals surface area contributed by atoms with Crippen molar-refractivity contribution in [2.45, 2.75) is 11.4 Å². The number of sulfonamides is 1. The summed E-state index contributed by atoms with van der Waals surface area (Å²) >= 11 is 17.3. The molecule has 2 aromatic carbocycles. The Morgan fingerprint density at radius 1 is 1.17 bits per heavy atom. The quantitative estimate of drug-likeness (QED) is 0.521. The first-order chi connectivity index (χ1) is 14.1. The molecule has 0 aliphatic carbocycles. The number of rotatable bonds is 6. The lowest BCUT2D eigenvalue weighted by molar-refractivity contribution is 0.0949. The number of carbonyl (C=O) groups is 1. The summed E-state index contributed by atoms with van der Waals surface area (Å²) < 4.78 is 27.3. The van der Waals surface area contributed by atoms with Gasteiger partial charge in [0.05, 0.1) is 27.2 Å². The van der Waals surface area contributed by atoms with Crippen LogP contribution >= 0.6 is 35.4 Å². The summed E-state index contributed by atoms with van der Waals surface area (Å²) in [5, 5.41) is 10.3. The zero-order valence-electron chi connectivity index (χ0n) is 15.9. The lowest BCUT2D eigenvalue weighted by Crippen LogP contribution is -2.25. The van der Waals surface area contributed by atoms with Crippen LogP contribution in [0.3, 0.4) is 0 Å². The lowest BCUT2D eigenvalue weighted by atomic mass is 10.2. The molecule has 30 heavy (non-hydrogen) atoms. The predicted molar refractivity (Wildman–Crippen MR) is 117 cm³/mol. The minimum atomic E-state index is -3.56. The number of aromatic nitrogens is 3. The molecule has 12 heteroatoms. The molecule has 3 rings (SSSR count). The average Bonchev–Trinajstić information content (AvgIpc) is 3.08. The van der Waals surface area contributed by atoms with Crippen molar-refractivity contribution in [1.82, 2.24) is 24.4 Å². The molecule has 0 aliphatic heterocycles. The highest BCUT2D eigenvalue weighted by Gasteiger charge is 2.18. The minimum absolute atomic E-state index is 0.0734. The third kappa shape index (κ3) is 4.57. The topological polar surface area (TPSA) is 100 Å². The van der Waals surface area contributed by atoms with Crippen LogP contribution in [-0.4, -0.2) is 47.5 Å². The van der Waals surface area contributed by atoms with Crippen LogP contribution in [0.2, 0.25) is 10.0 Å². The van der Waals surface area contributed by atoms with Gasteiger partial charge in [-0.05, 0) is 54.7 Å². The maximum absolute atomic E-state index is 12.5. The average molecular weight is 486 g/mol. The van der Waals surface area contributed by atoms with Gasteiger partial charge < -0.3 is 5.32 Å². The van der Waals surface area contributed by atoms with Gasteiger partial charge in [-0.2, -0.15) is 5.10 Å². The molecule has 2 N–H and O–H groups in total. The number of nitrogens with zero attached hydrogens (tertiary/aromatic N) is 3. The maximum atomic E-state index is 12.5. The van der Waals surface area contributed by atoms with Crippen molar-refractivity contribution in [2.24, 2.45) is 0 Å². The molecule has 0 atom stereocenters. The van der Waals surface area contributed by atoms with Gasteiger partial charge in [-0.15, -0.1) is 0 Å². The zero-order valence-corrected chi connectivity index (χ0v) is 19.0. The summed E-state index contributed by atoms with van der Waals surface area (Å²) in [6, 6.07) is 10.7. The fourth-order valence-electron chi connectivity index (χ4n) is 2.59. The maximum Gasteiger partial charge on any atom is 0.251 e. The first-order valence-corrected chi connectivity index (χ1v) is 11.1. The Labute approximate surface area is 188 Å².